The zero-order valence-corrected chi connectivity index (χ0v) is 13.6. The van der Waals surface area contributed by atoms with E-state index in [9.17, 15) is 18.0 Å². The van der Waals surface area contributed by atoms with Gasteiger partial charge < -0.3 is 5.32 Å². The number of benzene rings is 1. The molecule has 1 spiro atoms. The normalized spacial score (nSPS) is 28.2. The molecule has 2 aliphatic rings. The van der Waals surface area contributed by atoms with Crippen molar-refractivity contribution in [3.8, 4) is 0 Å². The number of carbonyl (C=O) groups is 1. The van der Waals surface area contributed by atoms with E-state index in [1.54, 1.807) is 0 Å². The minimum absolute atomic E-state index is 0.143. The fourth-order valence-corrected chi connectivity index (χ4v) is 4.04. The SMILES string of the molecule is O=C1c2cc(Br)ccc2CC12CCC(NCC(F)(F)F)CC2. The maximum absolute atomic E-state index is 12.7. The first kappa shape index (κ1) is 16.0. The van der Waals surface area contributed by atoms with Crippen molar-refractivity contribution in [3.05, 3.63) is 33.8 Å². The summed E-state index contributed by atoms with van der Waals surface area (Å²) in [5.74, 6) is 0.165. The maximum Gasteiger partial charge on any atom is 0.401 e. The Kier molecular flexibility index (Phi) is 4.10. The van der Waals surface area contributed by atoms with Gasteiger partial charge in [0.15, 0.2) is 5.78 Å². The van der Waals surface area contributed by atoms with Crippen LogP contribution in [0.1, 0.15) is 41.6 Å². The van der Waals surface area contributed by atoms with Crippen molar-refractivity contribution in [2.24, 2.45) is 5.41 Å². The lowest BCUT2D eigenvalue weighted by Crippen LogP contribution is -2.43. The number of fused-ring (bicyclic) bond motifs is 1. The third-order valence-corrected chi connectivity index (χ3v) is 5.35. The number of rotatable bonds is 2. The molecule has 0 unspecified atom stereocenters. The average molecular weight is 376 g/mol. The lowest BCUT2D eigenvalue weighted by molar-refractivity contribution is -0.126. The standard InChI is InChI=1S/C16H17BrF3NO/c17-11-2-1-10-8-15(14(22)13(10)7-11)5-3-12(4-6-15)21-9-16(18,19)20/h1-2,7,12,21H,3-6,8-9H2. The first-order valence-corrected chi connectivity index (χ1v) is 8.22. The predicted molar refractivity (Wildman–Crippen MR) is 80.9 cm³/mol. The Morgan fingerprint density at radius 1 is 1.27 bits per heavy atom. The molecule has 120 valence electrons. The highest BCUT2D eigenvalue weighted by Gasteiger charge is 2.47. The summed E-state index contributed by atoms with van der Waals surface area (Å²) in [4.78, 5) is 12.7. The van der Waals surface area contributed by atoms with E-state index < -0.39 is 12.7 Å². The van der Waals surface area contributed by atoms with E-state index in [1.807, 2.05) is 18.2 Å². The smallest absolute Gasteiger partial charge is 0.306 e. The minimum atomic E-state index is -4.18. The Morgan fingerprint density at radius 2 is 1.95 bits per heavy atom. The van der Waals surface area contributed by atoms with Crippen LogP contribution < -0.4 is 5.32 Å². The van der Waals surface area contributed by atoms with Crippen LogP contribution in [0.25, 0.3) is 0 Å². The second kappa shape index (κ2) is 5.64. The minimum Gasteiger partial charge on any atom is -0.306 e. The van der Waals surface area contributed by atoms with Crippen molar-refractivity contribution in [1.82, 2.24) is 5.32 Å². The van der Waals surface area contributed by atoms with Crippen LogP contribution in [0.3, 0.4) is 0 Å². The van der Waals surface area contributed by atoms with Gasteiger partial charge in [0.05, 0.1) is 6.54 Å². The van der Waals surface area contributed by atoms with Gasteiger partial charge in [-0.05, 0) is 49.8 Å². The molecule has 2 nitrogen and oxygen atoms in total. The van der Waals surface area contributed by atoms with Crippen LogP contribution in [-0.4, -0.2) is 24.5 Å². The fraction of sp³-hybridized carbons (Fsp3) is 0.562. The second-order valence-electron chi connectivity index (χ2n) is 6.36. The van der Waals surface area contributed by atoms with E-state index in [4.69, 9.17) is 0 Å². The molecular formula is C16H17BrF3NO. The molecule has 1 saturated carbocycles. The summed E-state index contributed by atoms with van der Waals surface area (Å²) in [6.07, 6.45) is -0.892. The van der Waals surface area contributed by atoms with Gasteiger partial charge in [-0.1, -0.05) is 22.0 Å². The van der Waals surface area contributed by atoms with Gasteiger partial charge in [0.25, 0.3) is 0 Å². The van der Waals surface area contributed by atoms with Gasteiger partial charge in [0.2, 0.25) is 0 Å². The average Bonchev–Trinajstić information content (AvgIpc) is 2.71. The van der Waals surface area contributed by atoms with Gasteiger partial charge >= 0.3 is 6.18 Å². The van der Waals surface area contributed by atoms with Crippen molar-refractivity contribution < 1.29 is 18.0 Å². The topological polar surface area (TPSA) is 29.1 Å². The molecule has 1 N–H and O–H groups in total. The van der Waals surface area contributed by atoms with Crippen molar-refractivity contribution in [1.29, 1.82) is 0 Å². The number of halogens is 4. The summed E-state index contributed by atoms with van der Waals surface area (Å²) in [7, 11) is 0. The molecule has 0 saturated heterocycles. The quantitative estimate of drug-likeness (QED) is 0.836. The van der Waals surface area contributed by atoms with Crippen LogP contribution in [-0.2, 0) is 6.42 Å². The van der Waals surface area contributed by atoms with Crippen molar-refractivity contribution in [3.63, 3.8) is 0 Å². The van der Waals surface area contributed by atoms with Crippen LogP contribution in [0, 0.1) is 5.41 Å². The molecule has 1 aromatic rings. The summed E-state index contributed by atoms with van der Waals surface area (Å²) in [6.45, 7) is -0.953. The molecule has 6 heteroatoms. The molecule has 1 fully saturated rings. The van der Waals surface area contributed by atoms with E-state index in [0.29, 0.717) is 25.7 Å². The number of hydrogen-bond donors (Lipinski definition) is 1. The van der Waals surface area contributed by atoms with Crippen LogP contribution in [0.15, 0.2) is 22.7 Å². The van der Waals surface area contributed by atoms with E-state index in [0.717, 1.165) is 22.0 Å². The zero-order chi connectivity index (χ0) is 16.0. The van der Waals surface area contributed by atoms with Crippen molar-refractivity contribution >= 4 is 21.7 Å². The molecule has 3 rings (SSSR count). The van der Waals surface area contributed by atoms with Crippen LogP contribution in [0.5, 0.6) is 0 Å². The first-order chi connectivity index (χ1) is 10.3. The summed E-state index contributed by atoms with van der Waals surface area (Å²) < 4.78 is 37.7. The molecule has 0 radical (unpaired) electrons. The number of Topliss-reactive ketones (excluding diaryl/α,β-unsaturated/α-hetero) is 1. The van der Waals surface area contributed by atoms with Gasteiger partial charge in [-0.3, -0.25) is 4.79 Å². The van der Waals surface area contributed by atoms with Gasteiger partial charge in [-0.25, -0.2) is 0 Å². The monoisotopic (exact) mass is 375 g/mol. The number of alkyl halides is 3. The third-order valence-electron chi connectivity index (χ3n) is 4.86. The molecule has 22 heavy (non-hydrogen) atoms. The largest absolute Gasteiger partial charge is 0.401 e. The summed E-state index contributed by atoms with van der Waals surface area (Å²) in [5.41, 5.74) is 1.45. The molecule has 0 atom stereocenters. The molecule has 1 aromatic carbocycles. The molecular weight excluding hydrogens is 359 g/mol. The third kappa shape index (κ3) is 3.08. The summed E-state index contributed by atoms with van der Waals surface area (Å²) in [5, 5.41) is 2.57. The van der Waals surface area contributed by atoms with Gasteiger partial charge in [0.1, 0.15) is 0 Å². The Hall–Kier alpha value is -0.880. The van der Waals surface area contributed by atoms with Crippen molar-refractivity contribution in [2.45, 2.75) is 44.3 Å². The number of nitrogens with one attached hydrogen (secondary N) is 1. The van der Waals surface area contributed by atoms with Crippen LogP contribution in [0.2, 0.25) is 0 Å². The van der Waals surface area contributed by atoms with Gasteiger partial charge in [-0.2, -0.15) is 13.2 Å². The Labute approximate surface area is 135 Å². The van der Waals surface area contributed by atoms with E-state index in [1.165, 1.54) is 0 Å². The number of hydrogen-bond acceptors (Lipinski definition) is 2. The first-order valence-electron chi connectivity index (χ1n) is 7.42. The second-order valence-corrected chi connectivity index (χ2v) is 7.27. The highest BCUT2D eigenvalue weighted by Crippen LogP contribution is 2.47. The van der Waals surface area contributed by atoms with E-state index >= 15 is 0 Å². The lowest BCUT2D eigenvalue weighted by atomic mass is 9.70. The highest BCUT2D eigenvalue weighted by molar-refractivity contribution is 9.10. The Bertz CT molecular complexity index is 592. The number of carbonyl (C=O) groups excluding carboxylic acids is 1. The van der Waals surface area contributed by atoms with E-state index in [-0.39, 0.29) is 17.2 Å². The van der Waals surface area contributed by atoms with Crippen LogP contribution >= 0.6 is 15.9 Å². The van der Waals surface area contributed by atoms with Crippen LogP contribution in [0.4, 0.5) is 13.2 Å². The molecule has 0 bridgehead atoms. The molecule has 0 amide bonds. The van der Waals surface area contributed by atoms with Crippen molar-refractivity contribution in [2.75, 3.05) is 6.54 Å². The molecule has 0 aromatic heterocycles. The Morgan fingerprint density at radius 3 is 2.59 bits per heavy atom. The fourth-order valence-electron chi connectivity index (χ4n) is 3.68. The molecule has 2 aliphatic carbocycles. The Balaban J connectivity index is 1.65. The van der Waals surface area contributed by atoms with Gasteiger partial charge in [0, 0.05) is 21.5 Å². The molecule has 0 aliphatic heterocycles. The summed E-state index contributed by atoms with van der Waals surface area (Å²) >= 11 is 3.38. The zero-order valence-electron chi connectivity index (χ0n) is 12.0. The summed E-state index contributed by atoms with van der Waals surface area (Å²) in [6, 6.07) is 5.62. The lowest BCUT2D eigenvalue weighted by Gasteiger charge is -2.36. The highest BCUT2D eigenvalue weighted by atomic mass is 79.9. The van der Waals surface area contributed by atoms with E-state index in [2.05, 4.69) is 21.2 Å². The number of ketones is 1. The maximum atomic E-state index is 12.7. The molecule has 0 heterocycles. The predicted octanol–water partition coefficient (Wildman–Crippen LogP) is 4.27. The van der Waals surface area contributed by atoms with Gasteiger partial charge in [-0.15, -0.1) is 0 Å².